The number of carbonyl (C=O) groups is 2. The molecule has 0 bridgehead atoms. The molecule has 188 valence electrons. The van der Waals surface area contributed by atoms with Gasteiger partial charge in [0.1, 0.15) is 0 Å². The SMILES string of the molecule is O=C(CN1CC2CN(C(=O)c3cn(Cc4ccccc4)c4ccccc34)CC2C1)NCc1ccccc1. The van der Waals surface area contributed by atoms with Crippen molar-refractivity contribution in [2.75, 3.05) is 32.7 Å². The second kappa shape index (κ2) is 10.2. The first-order valence-corrected chi connectivity index (χ1v) is 13.1. The highest BCUT2D eigenvalue weighted by molar-refractivity contribution is 6.07. The molecule has 3 heterocycles. The summed E-state index contributed by atoms with van der Waals surface area (Å²) in [6.45, 7) is 4.95. The Morgan fingerprint density at radius 2 is 1.38 bits per heavy atom. The number of benzene rings is 3. The maximum atomic E-state index is 13.7. The lowest BCUT2D eigenvalue weighted by Crippen LogP contribution is -2.38. The molecule has 0 spiro atoms. The van der Waals surface area contributed by atoms with Crippen LogP contribution in [0.5, 0.6) is 0 Å². The molecule has 6 heteroatoms. The van der Waals surface area contributed by atoms with Crippen LogP contribution in [0.1, 0.15) is 21.5 Å². The van der Waals surface area contributed by atoms with Crippen molar-refractivity contribution in [2.45, 2.75) is 13.1 Å². The fourth-order valence-electron chi connectivity index (χ4n) is 5.94. The Morgan fingerprint density at radius 1 is 0.757 bits per heavy atom. The average Bonchev–Trinajstić information content (AvgIpc) is 3.60. The van der Waals surface area contributed by atoms with Crippen LogP contribution in [0.25, 0.3) is 10.9 Å². The van der Waals surface area contributed by atoms with Gasteiger partial charge in [0.15, 0.2) is 0 Å². The van der Waals surface area contributed by atoms with Crippen molar-refractivity contribution in [3.8, 4) is 0 Å². The van der Waals surface area contributed by atoms with Crippen molar-refractivity contribution in [1.82, 2.24) is 19.7 Å². The maximum absolute atomic E-state index is 13.7. The first-order valence-electron chi connectivity index (χ1n) is 13.1. The summed E-state index contributed by atoms with van der Waals surface area (Å²) in [5.74, 6) is 1.01. The third kappa shape index (κ3) is 5.02. The Labute approximate surface area is 217 Å². The van der Waals surface area contributed by atoms with Gasteiger partial charge in [0.25, 0.3) is 5.91 Å². The normalized spacial score (nSPS) is 19.3. The highest BCUT2D eigenvalue weighted by Crippen LogP contribution is 2.33. The van der Waals surface area contributed by atoms with Gasteiger partial charge in [0.05, 0.1) is 12.1 Å². The molecule has 1 N–H and O–H groups in total. The summed E-state index contributed by atoms with van der Waals surface area (Å²) in [5.41, 5.74) is 4.18. The van der Waals surface area contributed by atoms with E-state index in [0.29, 0.717) is 24.9 Å². The summed E-state index contributed by atoms with van der Waals surface area (Å²) in [6, 6.07) is 28.5. The predicted molar refractivity (Wildman–Crippen MR) is 145 cm³/mol. The molecule has 2 aliphatic heterocycles. The van der Waals surface area contributed by atoms with Gasteiger partial charge in [-0.25, -0.2) is 0 Å². The Hall–Kier alpha value is -3.90. The van der Waals surface area contributed by atoms with Gasteiger partial charge in [0.2, 0.25) is 5.91 Å². The lowest BCUT2D eigenvalue weighted by molar-refractivity contribution is -0.122. The van der Waals surface area contributed by atoms with Gasteiger partial charge >= 0.3 is 0 Å². The van der Waals surface area contributed by atoms with Crippen molar-refractivity contribution in [1.29, 1.82) is 0 Å². The number of hydrogen-bond donors (Lipinski definition) is 1. The first-order chi connectivity index (χ1) is 18.1. The van der Waals surface area contributed by atoms with E-state index in [2.05, 4.69) is 39.0 Å². The van der Waals surface area contributed by atoms with Gasteiger partial charge in [-0.15, -0.1) is 0 Å². The lowest BCUT2D eigenvalue weighted by Gasteiger charge is -2.21. The largest absolute Gasteiger partial charge is 0.351 e. The molecule has 3 aromatic carbocycles. The fourth-order valence-corrected chi connectivity index (χ4v) is 5.94. The molecule has 0 radical (unpaired) electrons. The number of carbonyl (C=O) groups excluding carboxylic acids is 2. The predicted octanol–water partition coefficient (Wildman–Crippen LogP) is 4.01. The second-order valence-electron chi connectivity index (χ2n) is 10.4. The number of rotatable bonds is 7. The number of nitrogens with one attached hydrogen (secondary N) is 1. The minimum absolute atomic E-state index is 0.0583. The molecule has 2 aliphatic rings. The van der Waals surface area contributed by atoms with E-state index in [4.69, 9.17) is 0 Å². The second-order valence-corrected chi connectivity index (χ2v) is 10.4. The number of likely N-dealkylation sites (tertiary alicyclic amines) is 2. The number of fused-ring (bicyclic) bond motifs is 2. The minimum atomic E-state index is 0.0583. The van der Waals surface area contributed by atoms with E-state index in [-0.39, 0.29) is 11.8 Å². The Bertz CT molecular complexity index is 1380. The molecule has 2 saturated heterocycles. The molecule has 2 unspecified atom stereocenters. The van der Waals surface area contributed by atoms with E-state index >= 15 is 0 Å². The monoisotopic (exact) mass is 492 g/mol. The molecule has 6 rings (SSSR count). The summed E-state index contributed by atoms with van der Waals surface area (Å²) in [4.78, 5) is 30.4. The molecule has 1 aromatic heterocycles. The van der Waals surface area contributed by atoms with E-state index in [9.17, 15) is 9.59 Å². The quantitative estimate of drug-likeness (QED) is 0.424. The maximum Gasteiger partial charge on any atom is 0.256 e. The van der Waals surface area contributed by atoms with Crippen LogP contribution in [0.3, 0.4) is 0 Å². The van der Waals surface area contributed by atoms with Crippen LogP contribution in [-0.2, 0) is 17.9 Å². The summed E-state index contributed by atoms with van der Waals surface area (Å²) in [5, 5.41) is 4.04. The first kappa shape index (κ1) is 23.5. The number of para-hydroxylation sites is 1. The standard InChI is InChI=1S/C31H32N4O2/c36-30(32-15-23-9-3-1-4-10-23)22-33-17-25-19-35(20-26(25)18-33)31(37)28-21-34(16-24-11-5-2-6-12-24)29-14-8-7-13-27(28)29/h1-14,21,25-26H,15-20,22H2,(H,32,36). The molecule has 0 aliphatic carbocycles. The van der Waals surface area contributed by atoms with Gasteiger partial charge in [-0.2, -0.15) is 0 Å². The molecule has 37 heavy (non-hydrogen) atoms. The molecular weight excluding hydrogens is 460 g/mol. The molecule has 2 atom stereocenters. The summed E-state index contributed by atoms with van der Waals surface area (Å²) in [7, 11) is 0. The van der Waals surface area contributed by atoms with Crippen molar-refractivity contribution in [3.05, 3.63) is 108 Å². The van der Waals surface area contributed by atoms with Gasteiger partial charge in [-0.1, -0.05) is 78.9 Å². The average molecular weight is 493 g/mol. The smallest absolute Gasteiger partial charge is 0.256 e. The van der Waals surface area contributed by atoms with Crippen LogP contribution in [-0.4, -0.2) is 58.9 Å². The fraction of sp³-hybridized carbons (Fsp3) is 0.290. The van der Waals surface area contributed by atoms with E-state index in [1.54, 1.807) is 0 Å². The van der Waals surface area contributed by atoms with Crippen molar-refractivity contribution < 1.29 is 9.59 Å². The molecule has 2 amide bonds. The van der Waals surface area contributed by atoms with E-state index in [1.165, 1.54) is 5.56 Å². The summed E-state index contributed by atoms with van der Waals surface area (Å²) in [6.07, 6.45) is 2.03. The topological polar surface area (TPSA) is 57.6 Å². The van der Waals surface area contributed by atoms with Gasteiger partial charge in [0, 0.05) is 56.4 Å². The highest BCUT2D eigenvalue weighted by atomic mass is 16.2. The third-order valence-corrected chi connectivity index (χ3v) is 7.76. The Balaban J connectivity index is 1.08. The number of nitrogens with zero attached hydrogens (tertiary/aromatic N) is 3. The number of hydrogen-bond acceptors (Lipinski definition) is 3. The molecule has 2 fully saturated rings. The molecular formula is C31H32N4O2. The van der Waals surface area contributed by atoms with E-state index < -0.39 is 0 Å². The van der Waals surface area contributed by atoms with Crippen LogP contribution < -0.4 is 5.32 Å². The molecule has 0 saturated carbocycles. The van der Waals surface area contributed by atoms with E-state index in [1.807, 2.05) is 71.8 Å². The Kier molecular flexibility index (Phi) is 6.49. The van der Waals surface area contributed by atoms with Crippen LogP contribution in [0.4, 0.5) is 0 Å². The summed E-state index contributed by atoms with van der Waals surface area (Å²) < 4.78 is 2.19. The zero-order valence-corrected chi connectivity index (χ0v) is 20.9. The lowest BCUT2D eigenvalue weighted by atomic mass is 10.0. The van der Waals surface area contributed by atoms with E-state index in [0.717, 1.165) is 54.8 Å². The van der Waals surface area contributed by atoms with Crippen LogP contribution in [0.2, 0.25) is 0 Å². The van der Waals surface area contributed by atoms with Crippen LogP contribution in [0, 0.1) is 11.8 Å². The molecule has 6 nitrogen and oxygen atoms in total. The highest BCUT2D eigenvalue weighted by Gasteiger charge is 2.42. The van der Waals surface area contributed by atoms with Crippen molar-refractivity contribution in [3.63, 3.8) is 0 Å². The number of aromatic nitrogens is 1. The van der Waals surface area contributed by atoms with Crippen LogP contribution >= 0.6 is 0 Å². The Morgan fingerprint density at radius 3 is 2.08 bits per heavy atom. The van der Waals surface area contributed by atoms with Gasteiger partial charge in [-0.05, 0) is 29.0 Å². The van der Waals surface area contributed by atoms with Crippen LogP contribution in [0.15, 0.2) is 91.1 Å². The van der Waals surface area contributed by atoms with Crippen molar-refractivity contribution in [2.24, 2.45) is 11.8 Å². The zero-order valence-electron chi connectivity index (χ0n) is 20.9. The summed E-state index contributed by atoms with van der Waals surface area (Å²) >= 11 is 0. The van der Waals surface area contributed by atoms with Gasteiger partial charge < -0.3 is 14.8 Å². The number of amides is 2. The van der Waals surface area contributed by atoms with Crippen molar-refractivity contribution >= 4 is 22.7 Å². The third-order valence-electron chi connectivity index (χ3n) is 7.76. The minimum Gasteiger partial charge on any atom is -0.351 e. The molecule has 4 aromatic rings. The zero-order chi connectivity index (χ0) is 25.2. The van der Waals surface area contributed by atoms with Gasteiger partial charge in [-0.3, -0.25) is 14.5 Å².